The maximum Gasteiger partial charge on any atom is 0.254 e. The zero-order valence-electron chi connectivity index (χ0n) is 10.4. The summed E-state index contributed by atoms with van der Waals surface area (Å²) in [5, 5.41) is 2.44. The minimum absolute atomic E-state index is 0.124. The summed E-state index contributed by atoms with van der Waals surface area (Å²) in [6, 6.07) is 3.22. The number of rotatable bonds is 3. The molecule has 1 unspecified atom stereocenters. The highest BCUT2D eigenvalue weighted by Gasteiger charge is 2.19. The Balaban J connectivity index is 2.83. The van der Waals surface area contributed by atoms with Crippen LogP contribution in [0.4, 0.5) is 4.39 Å². The van der Waals surface area contributed by atoms with Crippen LogP contribution in [0.15, 0.2) is 23.1 Å². The Morgan fingerprint density at radius 3 is 2.56 bits per heavy atom. The summed E-state index contributed by atoms with van der Waals surface area (Å²) in [6.07, 6.45) is 0. The van der Waals surface area contributed by atoms with Crippen LogP contribution in [0.2, 0.25) is 0 Å². The van der Waals surface area contributed by atoms with E-state index in [4.69, 9.17) is 0 Å². The predicted octanol–water partition coefficient (Wildman–Crippen LogP) is 1.32. The van der Waals surface area contributed by atoms with Gasteiger partial charge in [0.1, 0.15) is 11.9 Å². The lowest BCUT2D eigenvalue weighted by atomic mass is 10.2. The number of hydrogen-bond donors (Lipinski definition) is 2. The second-order valence-corrected chi connectivity index (χ2v) is 4.61. The molecule has 4 nitrogen and oxygen atoms in total. The number of nitrogens with zero attached hydrogens (tertiary/aromatic N) is 1. The molecule has 0 aliphatic carbocycles. The Morgan fingerprint density at radius 1 is 1.39 bits per heavy atom. The highest BCUT2D eigenvalue weighted by Crippen LogP contribution is 2.13. The number of carbonyl (C=O) groups excluding carboxylic acids is 2. The van der Waals surface area contributed by atoms with Gasteiger partial charge in [-0.1, -0.05) is 0 Å². The largest absolute Gasteiger partial charge is 0.347 e. The molecule has 0 aromatic heterocycles. The van der Waals surface area contributed by atoms with E-state index in [2.05, 4.69) is 17.9 Å². The molecule has 0 saturated heterocycles. The molecule has 0 aliphatic rings. The average Bonchev–Trinajstić information content (AvgIpc) is 2.30. The Bertz CT molecular complexity index is 477. The molecule has 2 amide bonds. The fourth-order valence-electron chi connectivity index (χ4n) is 1.41. The Labute approximate surface area is 111 Å². The van der Waals surface area contributed by atoms with E-state index in [1.807, 2.05) is 0 Å². The molecule has 0 heterocycles. The van der Waals surface area contributed by atoms with Gasteiger partial charge in [-0.15, -0.1) is 12.6 Å². The Morgan fingerprint density at radius 2 is 2.00 bits per heavy atom. The molecule has 1 aromatic carbocycles. The number of likely N-dealkylation sites (N-methyl/N-ethyl adjacent to an activating group) is 1. The summed E-state index contributed by atoms with van der Waals surface area (Å²) in [4.78, 5) is 25.2. The second-order valence-electron chi connectivity index (χ2n) is 4.09. The summed E-state index contributed by atoms with van der Waals surface area (Å²) in [5.74, 6) is -1.54. The number of hydrogen-bond acceptors (Lipinski definition) is 3. The molecule has 1 N–H and O–H groups in total. The fraction of sp³-hybridized carbons (Fsp3) is 0.333. The van der Waals surface area contributed by atoms with Crippen LogP contribution in [0.1, 0.15) is 17.3 Å². The molecule has 0 aliphatic heterocycles. The van der Waals surface area contributed by atoms with Gasteiger partial charge < -0.3 is 10.2 Å². The van der Waals surface area contributed by atoms with Gasteiger partial charge in [0.05, 0.1) is 5.56 Å². The van der Waals surface area contributed by atoms with Gasteiger partial charge in [-0.2, -0.15) is 0 Å². The Hall–Kier alpha value is -1.56. The van der Waals surface area contributed by atoms with E-state index >= 15 is 0 Å². The van der Waals surface area contributed by atoms with Crippen molar-refractivity contribution in [2.24, 2.45) is 0 Å². The highest BCUT2D eigenvalue weighted by molar-refractivity contribution is 7.80. The van der Waals surface area contributed by atoms with Crippen molar-refractivity contribution in [1.29, 1.82) is 0 Å². The Kier molecular flexibility index (Phi) is 4.72. The highest BCUT2D eigenvalue weighted by atomic mass is 32.1. The molecule has 1 atom stereocenters. The van der Waals surface area contributed by atoms with Crippen LogP contribution in [0.25, 0.3) is 0 Å². The molecule has 0 radical (unpaired) electrons. The van der Waals surface area contributed by atoms with Crippen molar-refractivity contribution in [2.75, 3.05) is 14.1 Å². The van der Waals surface area contributed by atoms with Gasteiger partial charge in [-0.25, -0.2) is 4.39 Å². The normalized spacial score (nSPS) is 11.8. The van der Waals surface area contributed by atoms with Crippen molar-refractivity contribution in [2.45, 2.75) is 17.9 Å². The van der Waals surface area contributed by atoms with E-state index in [1.165, 1.54) is 17.0 Å². The summed E-state index contributed by atoms with van der Waals surface area (Å²) < 4.78 is 13.4. The monoisotopic (exact) mass is 270 g/mol. The van der Waals surface area contributed by atoms with E-state index in [1.54, 1.807) is 21.0 Å². The third kappa shape index (κ3) is 3.46. The molecule has 0 bridgehead atoms. The van der Waals surface area contributed by atoms with Crippen LogP contribution in [0.3, 0.4) is 0 Å². The first kappa shape index (κ1) is 14.5. The fourth-order valence-corrected chi connectivity index (χ4v) is 1.61. The smallest absolute Gasteiger partial charge is 0.254 e. The van der Waals surface area contributed by atoms with E-state index < -0.39 is 17.8 Å². The number of nitrogens with one attached hydrogen (secondary N) is 1. The summed E-state index contributed by atoms with van der Waals surface area (Å²) in [5.41, 5.74) is -0.124. The van der Waals surface area contributed by atoms with E-state index in [9.17, 15) is 14.0 Å². The SMILES string of the molecule is CC(NC(=O)c1cc(S)ccc1F)C(=O)N(C)C. The van der Waals surface area contributed by atoms with Gasteiger partial charge in [-0.3, -0.25) is 9.59 Å². The number of benzene rings is 1. The number of carbonyl (C=O) groups is 2. The lowest BCUT2D eigenvalue weighted by Crippen LogP contribution is -2.44. The lowest BCUT2D eigenvalue weighted by Gasteiger charge is -2.18. The maximum absolute atomic E-state index is 13.4. The summed E-state index contributed by atoms with van der Waals surface area (Å²) >= 11 is 4.04. The molecule has 98 valence electrons. The van der Waals surface area contributed by atoms with Gasteiger partial charge >= 0.3 is 0 Å². The van der Waals surface area contributed by atoms with Gasteiger partial charge in [-0.05, 0) is 25.1 Å². The third-order valence-electron chi connectivity index (χ3n) is 2.35. The maximum atomic E-state index is 13.4. The zero-order valence-corrected chi connectivity index (χ0v) is 11.3. The van der Waals surface area contributed by atoms with Crippen molar-refractivity contribution in [3.63, 3.8) is 0 Å². The standard InChI is InChI=1S/C12H15FN2O2S/c1-7(12(17)15(2)3)14-11(16)9-6-8(18)4-5-10(9)13/h4-7,18H,1-3H3,(H,14,16). The molecule has 1 rings (SSSR count). The summed E-state index contributed by atoms with van der Waals surface area (Å²) in [6.45, 7) is 1.54. The van der Waals surface area contributed by atoms with E-state index in [-0.39, 0.29) is 11.5 Å². The third-order valence-corrected chi connectivity index (χ3v) is 2.63. The zero-order chi connectivity index (χ0) is 13.9. The minimum atomic E-state index is -0.713. The number of thiol groups is 1. The van der Waals surface area contributed by atoms with Gasteiger partial charge in [0.15, 0.2) is 0 Å². The van der Waals surface area contributed by atoms with Crippen LogP contribution in [-0.2, 0) is 4.79 Å². The molecular weight excluding hydrogens is 255 g/mol. The predicted molar refractivity (Wildman–Crippen MR) is 69.3 cm³/mol. The quantitative estimate of drug-likeness (QED) is 0.814. The van der Waals surface area contributed by atoms with Crippen LogP contribution in [0, 0.1) is 5.82 Å². The molecule has 6 heteroatoms. The van der Waals surface area contributed by atoms with Crippen molar-refractivity contribution in [1.82, 2.24) is 10.2 Å². The lowest BCUT2D eigenvalue weighted by molar-refractivity contribution is -0.130. The number of amides is 2. The summed E-state index contributed by atoms with van der Waals surface area (Å²) in [7, 11) is 3.17. The van der Waals surface area contributed by atoms with Gasteiger partial charge in [0.25, 0.3) is 5.91 Å². The topological polar surface area (TPSA) is 49.4 Å². The van der Waals surface area contributed by atoms with Crippen LogP contribution in [0.5, 0.6) is 0 Å². The van der Waals surface area contributed by atoms with Crippen molar-refractivity contribution < 1.29 is 14.0 Å². The second kappa shape index (κ2) is 5.86. The molecule has 0 fully saturated rings. The first-order valence-corrected chi connectivity index (χ1v) is 5.78. The molecule has 0 saturated carbocycles. The van der Waals surface area contributed by atoms with Crippen LogP contribution >= 0.6 is 12.6 Å². The number of halogens is 1. The van der Waals surface area contributed by atoms with Crippen molar-refractivity contribution in [3.8, 4) is 0 Å². The van der Waals surface area contributed by atoms with Crippen molar-refractivity contribution >= 4 is 24.4 Å². The first-order chi connectivity index (χ1) is 8.32. The average molecular weight is 270 g/mol. The first-order valence-electron chi connectivity index (χ1n) is 5.33. The van der Waals surface area contributed by atoms with E-state index in [0.29, 0.717) is 4.90 Å². The molecule has 0 spiro atoms. The minimum Gasteiger partial charge on any atom is -0.347 e. The van der Waals surface area contributed by atoms with Gasteiger partial charge in [0, 0.05) is 19.0 Å². The van der Waals surface area contributed by atoms with E-state index in [0.717, 1.165) is 6.07 Å². The molecule has 1 aromatic rings. The molecular formula is C12H15FN2O2S. The van der Waals surface area contributed by atoms with Gasteiger partial charge in [0.2, 0.25) is 5.91 Å². The van der Waals surface area contributed by atoms with Crippen LogP contribution < -0.4 is 5.32 Å². The van der Waals surface area contributed by atoms with Crippen LogP contribution in [-0.4, -0.2) is 36.9 Å². The van der Waals surface area contributed by atoms with Crippen molar-refractivity contribution in [3.05, 3.63) is 29.6 Å². The molecule has 18 heavy (non-hydrogen) atoms.